The molecule has 3 amide bonds. The normalized spacial score (nSPS) is 31.4. The summed E-state index contributed by atoms with van der Waals surface area (Å²) in [5.41, 5.74) is -0.996. The SMILES string of the molecule is CN1C(=O)N[C@H]2[C@@H](NC(=O)c3ccc(Br)[nH]3)C=C[C@]21O. The number of aliphatic hydroxyl groups is 1. The zero-order valence-corrected chi connectivity index (χ0v) is 12.1. The van der Waals surface area contributed by atoms with E-state index < -0.39 is 17.8 Å². The van der Waals surface area contributed by atoms with E-state index in [1.165, 1.54) is 18.0 Å². The molecular weight excluding hydrogens is 328 g/mol. The van der Waals surface area contributed by atoms with Gasteiger partial charge in [0, 0.05) is 7.05 Å². The molecule has 1 aliphatic heterocycles. The van der Waals surface area contributed by atoms with Gasteiger partial charge in [0.1, 0.15) is 11.7 Å². The number of aromatic nitrogens is 1. The van der Waals surface area contributed by atoms with Crippen molar-refractivity contribution in [3.8, 4) is 0 Å². The van der Waals surface area contributed by atoms with E-state index in [1.807, 2.05) is 0 Å². The molecule has 3 atom stereocenters. The smallest absolute Gasteiger partial charge is 0.320 e. The molecule has 0 spiro atoms. The molecule has 2 heterocycles. The maximum absolute atomic E-state index is 12.1. The maximum atomic E-state index is 12.1. The summed E-state index contributed by atoms with van der Waals surface area (Å²) in [5, 5.41) is 15.8. The summed E-state index contributed by atoms with van der Waals surface area (Å²) in [6.07, 6.45) is 3.20. The van der Waals surface area contributed by atoms with Crippen LogP contribution in [0.15, 0.2) is 28.9 Å². The first-order valence-corrected chi connectivity index (χ1v) is 6.82. The number of H-pyrrole nitrogens is 1. The lowest BCUT2D eigenvalue weighted by Gasteiger charge is -2.28. The van der Waals surface area contributed by atoms with Crippen molar-refractivity contribution in [1.29, 1.82) is 0 Å². The first kappa shape index (κ1) is 13.2. The van der Waals surface area contributed by atoms with Crippen LogP contribution in [0.4, 0.5) is 4.79 Å². The molecule has 3 rings (SSSR count). The van der Waals surface area contributed by atoms with Crippen LogP contribution in [0.25, 0.3) is 0 Å². The molecule has 0 saturated carbocycles. The largest absolute Gasteiger partial charge is 0.365 e. The van der Waals surface area contributed by atoms with E-state index in [-0.39, 0.29) is 11.9 Å². The Bertz CT molecular complexity index is 614. The summed E-state index contributed by atoms with van der Waals surface area (Å²) in [5.74, 6) is -0.307. The van der Waals surface area contributed by atoms with Crippen molar-refractivity contribution in [2.75, 3.05) is 7.05 Å². The predicted molar refractivity (Wildman–Crippen MR) is 73.9 cm³/mol. The molecule has 0 radical (unpaired) electrons. The summed E-state index contributed by atoms with van der Waals surface area (Å²) in [6, 6.07) is 1.93. The molecule has 20 heavy (non-hydrogen) atoms. The number of rotatable bonds is 2. The Morgan fingerprint density at radius 3 is 2.95 bits per heavy atom. The Morgan fingerprint density at radius 1 is 1.55 bits per heavy atom. The zero-order valence-electron chi connectivity index (χ0n) is 10.6. The van der Waals surface area contributed by atoms with E-state index in [0.29, 0.717) is 10.3 Å². The number of fused-ring (bicyclic) bond motifs is 1. The molecule has 1 aromatic heterocycles. The predicted octanol–water partition coefficient (Wildman–Crippen LogP) is 0.158. The minimum atomic E-state index is -1.40. The van der Waals surface area contributed by atoms with Crippen LogP contribution in [0, 0.1) is 0 Å². The monoisotopic (exact) mass is 340 g/mol. The summed E-state index contributed by atoms with van der Waals surface area (Å²) < 4.78 is 0.704. The van der Waals surface area contributed by atoms with Gasteiger partial charge >= 0.3 is 6.03 Å². The van der Waals surface area contributed by atoms with Crippen LogP contribution >= 0.6 is 15.9 Å². The van der Waals surface area contributed by atoms with Crippen LogP contribution in [0.1, 0.15) is 10.5 Å². The first-order chi connectivity index (χ1) is 9.41. The minimum Gasteiger partial charge on any atom is -0.365 e. The highest BCUT2D eigenvalue weighted by atomic mass is 79.9. The number of likely N-dealkylation sites (N-methyl/N-ethyl adjacent to an activating group) is 1. The van der Waals surface area contributed by atoms with Gasteiger partial charge in [0.2, 0.25) is 0 Å². The second kappa shape index (κ2) is 4.35. The lowest BCUT2D eigenvalue weighted by atomic mass is 10.1. The van der Waals surface area contributed by atoms with Crippen LogP contribution in [0.3, 0.4) is 0 Å². The fourth-order valence-corrected chi connectivity index (χ4v) is 2.84. The van der Waals surface area contributed by atoms with Crippen LogP contribution in [-0.4, -0.2) is 51.8 Å². The van der Waals surface area contributed by atoms with Crippen LogP contribution in [0.2, 0.25) is 0 Å². The molecule has 2 aliphatic rings. The molecule has 0 bridgehead atoms. The van der Waals surface area contributed by atoms with Gasteiger partial charge in [-0.05, 0) is 34.1 Å². The number of urea groups is 1. The second-order valence-corrected chi connectivity index (χ2v) is 5.70. The topological polar surface area (TPSA) is 97.5 Å². The van der Waals surface area contributed by atoms with E-state index in [4.69, 9.17) is 0 Å². The molecule has 106 valence electrons. The number of hydrogen-bond acceptors (Lipinski definition) is 3. The van der Waals surface area contributed by atoms with Gasteiger partial charge in [-0.1, -0.05) is 6.08 Å². The summed E-state index contributed by atoms with van der Waals surface area (Å²) in [6.45, 7) is 0. The highest BCUT2D eigenvalue weighted by molar-refractivity contribution is 9.10. The molecule has 0 unspecified atom stereocenters. The molecule has 1 aliphatic carbocycles. The van der Waals surface area contributed by atoms with E-state index in [1.54, 1.807) is 18.2 Å². The van der Waals surface area contributed by atoms with Gasteiger partial charge in [-0.3, -0.25) is 9.69 Å². The summed E-state index contributed by atoms with van der Waals surface area (Å²) >= 11 is 3.23. The fourth-order valence-electron chi connectivity index (χ4n) is 2.49. The Morgan fingerprint density at radius 2 is 2.30 bits per heavy atom. The molecule has 8 heteroatoms. The second-order valence-electron chi connectivity index (χ2n) is 4.85. The average molecular weight is 341 g/mol. The van der Waals surface area contributed by atoms with Gasteiger partial charge in [0.05, 0.1) is 10.6 Å². The first-order valence-electron chi connectivity index (χ1n) is 6.03. The average Bonchev–Trinajstić information content (AvgIpc) is 3.02. The van der Waals surface area contributed by atoms with Gasteiger partial charge in [0.25, 0.3) is 5.91 Å². The quantitative estimate of drug-likeness (QED) is 0.577. The zero-order chi connectivity index (χ0) is 14.5. The van der Waals surface area contributed by atoms with Gasteiger partial charge in [-0.2, -0.15) is 0 Å². The lowest BCUT2D eigenvalue weighted by Crippen LogP contribution is -2.54. The maximum Gasteiger partial charge on any atom is 0.320 e. The minimum absolute atomic E-state index is 0.307. The fraction of sp³-hybridized carbons (Fsp3) is 0.333. The van der Waals surface area contributed by atoms with Gasteiger partial charge in [-0.25, -0.2) is 4.79 Å². The highest BCUT2D eigenvalue weighted by Crippen LogP contribution is 2.31. The number of amides is 3. The molecular formula is C12H13BrN4O3. The van der Waals surface area contributed by atoms with E-state index in [2.05, 4.69) is 31.5 Å². The summed E-state index contributed by atoms with van der Waals surface area (Å²) in [4.78, 5) is 27.7. The Labute approximate surface area is 123 Å². The number of carbonyl (C=O) groups excluding carboxylic acids is 2. The van der Waals surface area contributed by atoms with Gasteiger partial charge in [0.15, 0.2) is 5.72 Å². The highest BCUT2D eigenvalue weighted by Gasteiger charge is 2.54. The van der Waals surface area contributed by atoms with Crippen molar-refractivity contribution in [2.45, 2.75) is 17.8 Å². The molecule has 1 aromatic rings. The third-order valence-electron chi connectivity index (χ3n) is 3.68. The third kappa shape index (κ3) is 1.83. The Kier molecular flexibility index (Phi) is 2.87. The standard InChI is InChI=1S/C12H13BrN4O3/c1-17-11(19)16-9-6(4-5-12(9,17)20)15-10(18)7-2-3-8(13)14-7/h2-6,9,14,20H,1H3,(H,15,18)(H,16,19)/t6-,9-,12-/m0/s1. The van der Waals surface area contributed by atoms with Crippen molar-refractivity contribution < 1.29 is 14.7 Å². The Balaban J connectivity index is 1.76. The number of halogens is 1. The van der Waals surface area contributed by atoms with E-state index in [0.717, 1.165) is 0 Å². The number of hydrogen-bond donors (Lipinski definition) is 4. The van der Waals surface area contributed by atoms with Crippen molar-refractivity contribution in [2.24, 2.45) is 0 Å². The number of nitrogens with zero attached hydrogens (tertiary/aromatic N) is 1. The van der Waals surface area contributed by atoms with E-state index in [9.17, 15) is 14.7 Å². The molecule has 7 nitrogen and oxygen atoms in total. The number of carbonyl (C=O) groups is 2. The van der Waals surface area contributed by atoms with E-state index >= 15 is 0 Å². The molecule has 1 saturated heterocycles. The van der Waals surface area contributed by atoms with Crippen LogP contribution in [-0.2, 0) is 0 Å². The number of nitrogens with one attached hydrogen (secondary N) is 3. The molecule has 0 aromatic carbocycles. The molecule has 4 N–H and O–H groups in total. The van der Waals surface area contributed by atoms with Gasteiger partial charge in [-0.15, -0.1) is 0 Å². The Hall–Kier alpha value is -1.80. The van der Waals surface area contributed by atoms with Crippen molar-refractivity contribution in [3.63, 3.8) is 0 Å². The van der Waals surface area contributed by atoms with Crippen molar-refractivity contribution in [3.05, 3.63) is 34.6 Å². The third-order valence-corrected chi connectivity index (χ3v) is 4.14. The van der Waals surface area contributed by atoms with Crippen LogP contribution < -0.4 is 10.6 Å². The number of aromatic amines is 1. The molecule has 1 fully saturated rings. The van der Waals surface area contributed by atoms with Crippen molar-refractivity contribution >= 4 is 27.9 Å². The van der Waals surface area contributed by atoms with Crippen LogP contribution in [0.5, 0.6) is 0 Å². The lowest BCUT2D eigenvalue weighted by molar-refractivity contribution is -0.0177. The van der Waals surface area contributed by atoms with Gasteiger partial charge < -0.3 is 20.7 Å². The van der Waals surface area contributed by atoms with Crippen molar-refractivity contribution in [1.82, 2.24) is 20.5 Å². The summed E-state index contributed by atoms with van der Waals surface area (Å²) in [7, 11) is 1.51.